The van der Waals surface area contributed by atoms with Gasteiger partial charge in [0.2, 0.25) is 0 Å². The Morgan fingerprint density at radius 2 is 2.06 bits per heavy atom. The molecule has 0 aromatic carbocycles. The van der Waals surface area contributed by atoms with E-state index in [-0.39, 0.29) is 29.4 Å². The highest BCUT2D eigenvalue weighted by Crippen LogP contribution is 2.65. The zero-order valence-electron chi connectivity index (χ0n) is 19.9. The summed E-state index contributed by atoms with van der Waals surface area (Å²) in [6.07, 6.45) is 12.7. The summed E-state index contributed by atoms with van der Waals surface area (Å²) in [5.74, 6) is 1.93. The highest BCUT2D eigenvalue weighted by molar-refractivity contribution is 5.96. The van der Waals surface area contributed by atoms with Gasteiger partial charge in [-0.2, -0.15) is 0 Å². The Labute approximate surface area is 196 Å². The molecule has 1 aromatic heterocycles. The van der Waals surface area contributed by atoms with Gasteiger partial charge in [0, 0.05) is 6.20 Å². The van der Waals surface area contributed by atoms with Crippen LogP contribution in [-0.2, 0) is 16.2 Å². The molecule has 0 aliphatic heterocycles. The van der Waals surface area contributed by atoms with E-state index in [1.807, 2.05) is 18.2 Å². The molecule has 6 heteroatoms. The molecule has 1 heterocycles. The number of nitrogens with one attached hydrogen (secondary N) is 1. The number of hydrogen-bond donors (Lipinski definition) is 2. The summed E-state index contributed by atoms with van der Waals surface area (Å²) in [6.45, 7) is 5.12. The number of nitrogens with zero attached hydrogens (tertiary/aromatic N) is 2. The van der Waals surface area contributed by atoms with Gasteiger partial charge in [-0.25, -0.2) is 0 Å². The first-order valence-corrected chi connectivity index (χ1v) is 12.6. The van der Waals surface area contributed by atoms with E-state index >= 15 is 0 Å². The molecule has 0 saturated heterocycles. The number of rotatable bonds is 5. The van der Waals surface area contributed by atoms with Crippen molar-refractivity contribution in [3.05, 3.63) is 41.7 Å². The van der Waals surface area contributed by atoms with Gasteiger partial charge in [-0.3, -0.25) is 9.78 Å². The minimum absolute atomic E-state index is 0.0793. The van der Waals surface area contributed by atoms with Gasteiger partial charge in [0.05, 0.1) is 24.1 Å². The third-order valence-electron chi connectivity index (χ3n) is 9.50. The van der Waals surface area contributed by atoms with Crippen molar-refractivity contribution in [2.75, 3.05) is 6.61 Å². The molecular formula is C27H37N3O3. The van der Waals surface area contributed by atoms with Crippen LogP contribution in [0.25, 0.3) is 0 Å². The molecule has 0 radical (unpaired) electrons. The fourth-order valence-corrected chi connectivity index (χ4v) is 7.53. The lowest BCUT2D eigenvalue weighted by Gasteiger charge is -2.57. The average molecular weight is 452 g/mol. The van der Waals surface area contributed by atoms with Crippen molar-refractivity contribution in [1.29, 1.82) is 0 Å². The molecular weight excluding hydrogens is 414 g/mol. The van der Waals surface area contributed by atoms with Crippen LogP contribution < -0.4 is 5.32 Å². The molecule has 0 unspecified atom stereocenters. The largest absolute Gasteiger partial charge is 0.393 e. The average Bonchev–Trinajstić information content (AvgIpc) is 3.13. The number of aliphatic hydroxyl groups excluding tert-OH is 1. The molecule has 1 amide bonds. The van der Waals surface area contributed by atoms with Gasteiger partial charge in [0.25, 0.3) is 5.91 Å². The van der Waals surface area contributed by atoms with E-state index in [1.165, 1.54) is 24.8 Å². The number of carbonyl (C=O) groups is 1. The number of aromatic nitrogens is 1. The second-order valence-electron chi connectivity index (χ2n) is 11.1. The first kappa shape index (κ1) is 22.6. The zero-order valence-corrected chi connectivity index (χ0v) is 19.9. The fourth-order valence-electron chi connectivity index (χ4n) is 7.53. The minimum atomic E-state index is -0.192. The predicted molar refractivity (Wildman–Crippen MR) is 127 cm³/mol. The molecule has 178 valence electrons. The van der Waals surface area contributed by atoms with E-state index < -0.39 is 0 Å². The Balaban J connectivity index is 1.19. The second-order valence-corrected chi connectivity index (χ2v) is 11.1. The summed E-state index contributed by atoms with van der Waals surface area (Å²) < 4.78 is 0. The monoisotopic (exact) mass is 451 g/mol. The number of amides is 1. The second kappa shape index (κ2) is 8.86. The molecule has 4 aliphatic rings. The Bertz CT molecular complexity index is 945. The lowest BCUT2D eigenvalue weighted by atomic mass is 9.47. The standard InChI is InChI=1S/C27H37N3O3/c1-26-12-10-19(30-33-17-25(32)29-16-20-5-3-4-14-28-20)15-18(26)6-7-21-22-8-9-24(31)27(22,2)13-11-23(21)26/h3-5,14-15,21-24,31H,6-13,16-17H2,1-2H3,(H,29,32)/t21-,22-,23-,24-,26-,27-/m0/s1. The number of aliphatic hydroxyl groups is 1. The molecule has 6 nitrogen and oxygen atoms in total. The van der Waals surface area contributed by atoms with Crippen molar-refractivity contribution >= 4 is 11.6 Å². The number of oxime groups is 1. The summed E-state index contributed by atoms with van der Waals surface area (Å²) in [5.41, 5.74) is 3.65. The minimum Gasteiger partial charge on any atom is -0.393 e. The first-order valence-electron chi connectivity index (χ1n) is 12.6. The normalized spacial score (nSPS) is 38.6. The van der Waals surface area contributed by atoms with Crippen molar-refractivity contribution in [3.63, 3.8) is 0 Å². The Morgan fingerprint density at radius 1 is 1.18 bits per heavy atom. The summed E-state index contributed by atoms with van der Waals surface area (Å²) in [6, 6.07) is 5.63. The molecule has 4 aliphatic carbocycles. The van der Waals surface area contributed by atoms with Gasteiger partial charge in [-0.15, -0.1) is 0 Å². The SMILES string of the molecule is C[C@]12CC[C@H]3[C@@H](CCC4=CC(=NOCC(=O)NCc5ccccn5)CC[C@@]43C)[C@@H]1CC[C@@H]2O. The molecule has 1 aromatic rings. The van der Waals surface area contributed by atoms with E-state index in [0.29, 0.717) is 18.4 Å². The predicted octanol–water partition coefficient (Wildman–Crippen LogP) is 4.39. The quantitative estimate of drug-likeness (QED) is 0.650. The van der Waals surface area contributed by atoms with Crippen LogP contribution in [-0.4, -0.2) is 34.4 Å². The van der Waals surface area contributed by atoms with Gasteiger partial charge in [-0.05, 0) is 98.2 Å². The lowest BCUT2D eigenvalue weighted by molar-refractivity contribution is -0.125. The van der Waals surface area contributed by atoms with Gasteiger partial charge < -0.3 is 15.3 Å². The maximum absolute atomic E-state index is 12.1. The fraction of sp³-hybridized carbons (Fsp3) is 0.667. The molecule has 3 saturated carbocycles. The Hall–Kier alpha value is -2.21. The van der Waals surface area contributed by atoms with Crippen LogP contribution in [0, 0.1) is 28.6 Å². The maximum atomic E-state index is 12.1. The van der Waals surface area contributed by atoms with E-state index in [9.17, 15) is 9.90 Å². The van der Waals surface area contributed by atoms with Crippen LogP contribution in [0.4, 0.5) is 0 Å². The number of pyridine rings is 1. The summed E-state index contributed by atoms with van der Waals surface area (Å²) in [7, 11) is 0. The molecule has 5 rings (SSSR count). The molecule has 2 N–H and O–H groups in total. The van der Waals surface area contributed by atoms with Crippen LogP contribution in [0.5, 0.6) is 0 Å². The molecule has 0 bridgehead atoms. The highest BCUT2D eigenvalue weighted by atomic mass is 16.6. The number of hydrogen-bond acceptors (Lipinski definition) is 5. The van der Waals surface area contributed by atoms with Crippen LogP contribution in [0.2, 0.25) is 0 Å². The van der Waals surface area contributed by atoms with E-state index in [4.69, 9.17) is 4.84 Å². The molecule has 6 atom stereocenters. The smallest absolute Gasteiger partial charge is 0.261 e. The highest BCUT2D eigenvalue weighted by Gasteiger charge is 2.58. The van der Waals surface area contributed by atoms with Crippen LogP contribution in [0.15, 0.2) is 41.2 Å². The van der Waals surface area contributed by atoms with Gasteiger partial charge >= 0.3 is 0 Å². The van der Waals surface area contributed by atoms with Gasteiger partial charge in [0.15, 0.2) is 6.61 Å². The maximum Gasteiger partial charge on any atom is 0.261 e. The summed E-state index contributed by atoms with van der Waals surface area (Å²) in [5, 5.41) is 17.8. The third kappa shape index (κ3) is 4.11. The van der Waals surface area contributed by atoms with Gasteiger partial charge in [-0.1, -0.05) is 30.6 Å². The van der Waals surface area contributed by atoms with Crippen LogP contribution >= 0.6 is 0 Å². The third-order valence-corrected chi connectivity index (χ3v) is 9.50. The topological polar surface area (TPSA) is 83.8 Å². The van der Waals surface area contributed by atoms with E-state index in [1.54, 1.807) is 6.20 Å². The van der Waals surface area contributed by atoms with Crippen molar-refractivity contribution in [1.82, 2.24) is 10.3 Å². The number of allylic oxidation sites excluding steroid dienone is 2. The van der Waals surface area contributed by atoms with Crippen molar-refractivity contribution in [2.45, 2.75) is 77.9 Å². The van der Waals surface area contributed by atoms with Crippen molar-refractivity contribution in [3.8, 4) is 0 Å². The van der Waals surface area contributed by atoms with Gasteiger partial charge in [0.1, 0.15) is 0 Å². The summed E-state index contributed by atoms with van der Waals surface area (Å²) in [4.78, 5) is 21.7. The lowest BCUT2D eigenvalue weighted by Crippen LogP contribution is -2.51. The van der Waals surface area contributed by atoms with E-state index in [2.05, 4.69) is 35.4 Å². The first-order chi connectivity index (χ1) is 15.9. The van der Waals surface area contributed by atoms with E-state index in [0.717, 1.165) is 49.4 Å². The molecule has 3 fully saturated rings. The molecule has 33 heavy (non-hydrogen) atoms. The van der Waals surface area contributed by atoms with Crippen molar-refractivity contribution in [2.24, 2.45) is 33.7 Å². The van der Waals surface area contributed by atoms with Crippen molar-refractivity contribution < 1.29 is 14.7 Å². The van der Waals surface area contributed by atoms with Crippen LogP contribution in [0.1, 0.15) is 70.9 Å². The Morgan fingerprint density at radius 3 is 2.88 bits per heavy atom. The Kier molecular flexibility index (Phi) is 6.06. The number of fused-ring (bicyclic) bond motifs is 5. The summed E-state index contributed by atoms with van der Waals surface area (Å²) >= 11 is 0. The zero-order chi connectivity index (χ0) is 23.1. The number of carbonyl (C=O) groups excluding carboxylic acids is 1. The molecule has 0 spiro atoms. The van der Waals surface area contributed by atoms with Crippen LogP contribution in [0.3, 0.4) is 0 Å².